The molecule has 0 fully saturated rings. The van der Waals surface area contributed by atoms with Crippen LogP contribution in [0.1, 0.15) is 25.0 Å². The molecule has 6 rings (SSSR count). The first kappa shape index (κ1) is 28.2. The lowest BCUT2D eigenvalue weighted by atomic mass is 10.0. The normalized spacial score (nSPS) is 14.0. The molecule has 0 N–H and O–H groups in total. The molecule has 0 saturated heterocycles. The fourth-order valence-electron chi connectivity index (χ4n) is 4.79. The highest BCUT2D eigenvalue weighted by Gasteiger charge is 2.31. The summed E-state index contributed by atoms with van der Waals surface area (Å²) in [5.74, 6) is 1.19. The first-order valence-electron chi connectivity index (χ1n) is 14.3. The lowest BCUT2D eigenvalue weighted by molar-refractivity contribution is -0.114. The molecule has 1 aliphatic heterocycles. The van der Waals surface area contributed by atoms with Crippen LogP contribution in [-0.4, -0.2) is 33.3 Å². The van der Waals surface area contributed by atoms with E-state index >= 15 is 0 Å². The van der Waals surface area contributed by atoms with Crippen LogP contribution in [0.15, 0.2) is 131 Å². The van der Waals surface area contributed by atoms with Gasteiger partial charge < -0.3 is 4.74 Å². The number of rotatable bonds is 9. The molecule has 6 nitrogen and oxygen atoms in total. The molecule has 0 spiro atoms. The zero-order valence-corrected chi connectivity index (χ0v) is 25.2. The van der Waals surface area contributed by atoms with Gasteiger partial charge in [-0.3, -0.25) is 4.79 Å². The number of ether oxygens (including phenoxy) is 1. The third kappa shape index (κ3) is 6.47. The van der Waals surface area contributed by atoms with E-state index in [9.17, 15) is 4.79 Å². The van der Waals surface area contributed by atoms with Crippen LogP contribution in [0.25, 0.3) is 23.0 Å². The van der Waals surface area contributed by atoms with E-state index in [4.69, 9.17) is 14.9 Å². The second-order valence-electron chi connectivity index (χ2n) is 10.6. The van der Waals surface area contributed by atoms with Gasteiger partial charge in [-0.25, -0.2) is 4.68 Å². The van der Waals surface area contributed by atoms with E-state index in [2.05, 4.69) is 31.2 Å². The number of para-hydroxylation sites is 2. The molecule has 5 aromatic rings. The molecule has 0 atom stereocenters. The molecule has 7 heteroatoms. The molecule has 43 heavy (non-hydrogen) atoms. The van der Waals surface area contributed by atoms with Gasteiger partial charge in [-0.15, -0.1) is 11.8 Å². The van der Waals surface area contributed by atoms with E-state index in [-0.39, 0.29) is 12.0 Å². The van der Waals surface area contributed by atoms with Crippen molar-refractivity contribution in [3.05, 3.63) is 132 Å². The van der Waals surface area contributed by atoms with Crippen molar-refractivity contribution < 1.29 is 9.53 Å². The summed E-state index contributed by atoms with van der Waals surface area (Å²) >= 11 is 1.66. The quantitative estimate of drug-likeness (QED) is 0.129. The van der Waals surface area contributed by atoms with E-state index < -0.39 is 0 Å². The predicted octanol–water partition coefficient (Wildman–Crippen LogP) is 8.21. The van der Waals surface area contributed by atoms with Crippen molar-refractivity contribution in [1.82, 2.24) is 9.78 Å². The Morgan fingerprint density at radius 1 is 0.837 bits per heavy atom. The number of hydrogen-bond donors (Lipinski definition) is 0. The van der Waals surface area contributed by atoms with Gasteiger partial charge in [0.05, 0.1) is 34.5 Å². The smallest absolute Gasteiger partial charge is 0.280 e. The zero-order chi connectivity index (χ0) is 29.8. The van der Waals surface area contributed by atoms with Crippen LogP contribution in [-0.2, 0) is 4.79 Å². The first-order chi connectivity index (χ1) is 20.9. The average Bonchev–Trinajstić information content (AvgIpc) is 3.59. The zero-order valence-electron chi connectivity index (χ0n) is 24.3. The van der Waals surface area contributed by atoms with E-state index in [0.717, 1.165) is 44.6 Å². The second-order valence-corrected chi connectivity index (χ2v) is 11.6. The Kier molecular flexibility index (Phi) is 8.24. The number of aryl methyl sites for hydroxylation is 1. The van der Waals surface area contributed by atoms with Gasteiger partial charge in [-0.1, -0.05) is 54.1 Å². The summed E-state index contributed by atoms with van der Waals surface area (Å²) in [6.45, 7) is 6.09. The van der Waals surface area contributed by atoms with Gasteiger partial charge in [0.2, 0.25) is 0 Å². The summed E-state index contributed by atoms with van der Waals surface area (Å²) in [7, 11) is 0. The summed E-state index contributed by atoms with van der Waals surface area (Å²) in [6, 6.07) is 35.8. The Hall–Kier alpha value is -4.88. The fourth-order valence-corrected chi connectivity index (χ4v) is 5.63. The average molecular weight is 585 g/mol. The van der Waals surface area contributed by atoms with Crippen LogP contribution < -0.4 is 9.75 Å². The third-order valence-electron chi connectivity index (χ3n) is 6.91. The number of nitrogens with zero attached hydrogens (tertiary/aromatic N) is 4. The molecule has 0 bridgehead atoms. The third-order valence-corrected chi connectivity index (χ3v) is 7.94. The molecule has 214 valence electrons. The number of aromatic nitrogens is 2. The van der Waals surface area contributed by atoms with Crippen LogP contribution in [0.5, 0.6) is 5.75 Å². The lowest BCUT2D eigenvalue weighted by Gasteiger charge is -2.11. The molecule has 0 radical (unpaired) electrons. The minimum Gasteiger partial charge on any atom is -0.491 e. The summed E-state index contributed by atoms with van der Waals surface area (Å²) in [6.07, 6.45) is 3.99. The summed E-state index contributed by atoms with van der Waals surface area (Å²) in [5.41, 5.74) is 6.67. The molecule has 0 saturated carbocycles. The Balaban J connectivity index is 1.41. The number of thioether (sulfide) groups is 1. The molecule has 1 aromatic heterocycles. The Morgan fingerprint density at radius 3 is 2.14 bits per heavy atom. The van der Waals surface area contributed by atoms with Crippen molar-refractivity contribution in [3.63, 3.8) is 0 Å². The van der Waals surface area contributed by atoms with Crippen molar-refractivity contribution in [2.24, 2.45) is 5.10 Å². The number of amides is 1. The highest BCUT2D eigenvalue weighted by molar-refractivity contribution is 8.00. The predicted molar refractivity (Wildman–Crippen MR) is 176 cm³/mol. The van der Waals surface area contributed by atoms with Gasteiger partial charge in [-0.05, 0) is 87.5 Å². The molecule has 4 aromatic carbocycles. The van der Waals surface area contributed by atoms with Crippen LogP contribution in [0.2, 0.25) is 0 Å². The lowest BCUT2D eigenvalue weighted by Crippen LogP contribution is -2.21. The van der Waals surface area contributed by atoms with E-state index in [0.29, 0.717) is 11.3 Å². The number of hydrazone groups is 1. The standard InChI is InChI=1S/C36H32N4O2S/c1-25(2)42-31-18-16-27(17-19-31)35-28(23-39(38-35)29-10-6-4-7-11-29)22-33-34(24-43-32-20-14-26(3)15-21-32)37-40(36(33)41)30-12-8-5-9-13-30/h4-23,25H,24H2,1-3H3. The largest absolute Gasteiger partial charge is 0.491 e. The van der Waals surface area contributed by atoms with Gasteiger partial charge in [0.25, 0.3) is 5.91 Å². The maximum atomic E-state index is 13.9. The van der Waals surface area contributed by atoms with Crippen molar-refractivity contribution in [2.75, 3.05) is 10.8 Å². The van der Waals surface area contributed by atoms with E-state index in [1.54, 1.807) is 11.8 Å². The highest BCUT2D eigenvalue weighted by atomic mass is 32.2. The molecule has 0 unspecified atom stereocenters. The number of hydrogen-bond acceptors (Lipinski definition) is 5. The molecule has 1 aliphatic rings. The summed E-state index contributed by atoms with van der Waals surface area (Å²) in [4.78, 5) is 15.1. The minimum absolute atomic E-state index is 0.0832. The minimum atomic E-state index is -0.162. The summed E-state index contributed by atoms with van der Waals surface area (Å²) in [5, 5.41) is 11.3. The monoisotopic (exact) mass is 584 g/mol. The Labute approximate surface area is 256 Å². The van der Waals surface area contributed by atoms with Crippen LogP contribution in [0.3, 0.4) is 0 Å². The van der Waals surface area contributed by atoms with Crippen LogP contribution in [0, 0.1) is 6.92 Å². The maximum absolute atomic E-state index is 13.9. The van der Waals surface area contributed by atoms with E-state index in [1.807, 2.05) is 116 Å². The van der Waals surface area contributed by atoms with Gasteiger partial charge in [0.1, 0.15) is 5.75 Å². The fraction of sp³-hybridized carbons (Fsp3) is 0.139. The van der Waals surface area contributed by atoms with Crippen LogP contribution >= 0.6 is 11.8 Å². The van der Waals surface area contributed by atoms with Gasteiger partial charge in [0, 0.05) is 28.0 Å². The Bertz CT molecular complexity index is 1780. The van der Waals surface area contributed by atoms with Gasteiger partial charge in [0.15, 0.2) is 0 Å². The number of benzene rings is 4. The van der Waals surface area contributed by atoms with Crippen molar-refractivity contribution in [2.45, 2.75) is 31.8 Å². The number of carbonyl (C=O) groups is 1. The molecule has 2 heterocycles. The highest BCUT2D eigenvalue weighted by Crippen LogP contribution is 2.32. The second kappa shape index (κ2) is 12.5. The summed E-state index contributed by atoms with van der Waals surface area (Å²) < 4.78 is 7.72. The number of carbonyl (C=O) groups excluding carboxylic acids is 1. The molecular formula is C36H32N4O2S. The van der Waals surface area contributed by atoms with E-state index in [1.165, 1.54) is 10.6 Å². The Morgan fingerprint density at radius 2 is 1.49 bits per heavy atom. The SMILES string of the molecule is Cc1ccc(SCC2=NN(c3ccccc3)C(=O)C2=Cc2cn(-c3ccccc3)nc2-c2ccc(OC(C)C)cc2)cc1. The molecular weight excluding hydrogens is 552 g/mol. The topological polar surface area (TPSA) is 59.7 Å². The molecule has 1 amide bonds. The molecule has 0 aliphatic carbocycles. The van der Waals surface area contributed by atoms with Gasteiger partial charge >= 0.3 is 0 Å². The van der Waals surface area contributed by atoms with Crippen molar-refractivity contribution in [1.29, 1.82) is 0 Å². The van der Waals surface area contributed by atoms with Gasteiger partial charge in [-0.2, -0.15) is 15.2 Å². The first-order valence-corrected chi connectivity index (χ1v) is 15.2. The van der Waals surface area contributed by atoms with Crippen LogP contribution in [0.4, 0.5) is 5.69 Å². The van der Waals surface area contributed by atoms with Crippen molar-refractivity contribution >= 4 is 35.1 Å². The maximum Gasteiger partial charge on any atom is 0.280 e. The van der Waals surface area contributed by atoms with Crippen molar-refractivity contribution in [3.8, 4) is 22.7 Å². The number of anilines is 1.